The molecule has 1 atom stereocenters. The molecule has 0 saturated heterocycles. The SMILES string of the molecule is CCCCCCCCCCCCCCCC(=O)OC[C@H](CO)OC(=O)CCCCCCCCCCCCCCCCCC(C)C. The Balaban J connectivity index is 3.49. The van der Waals surface area contributed by atoms with Crippen molar-refractivity contribution in [2.45, 2.75) is 226 Å². The maximum absolute atomic E-state index is 12.2. The Morgan fingerprint density at radius 1 is 0.489 bits per heavy atom. The second-order valence-electron chi connectivity index (χ2n) is 14.2. The average Bonchev–Trinajstić information content (AvgIpc) is 3.02. The van der Waals surface area contributed by atoms with Crippen LogP contribution in [0.15, 0.2) is 0 Å². The predicted octanol–water partition coefficient (Wildman–Crippen LogP) is 12.2. The summed E-state index contributed by atoms with van der Waals surface area (Å²) >= 11 is 0. The monoisotopic (exact) mass is 639 g/mol. The average molecular weight is 639 g/mol. The fourth-order valence-electron chi connectivity index (χ4n) is 6.03. The lowest BCUT2D eigenvalue weighted by atomic mass is 10.0. The summed E-state index contributed by atoms with van der Waals surface area (Å²) in [5, 5.41) is 9.55. The largest absolute Gasteiger partial charge is 0.462 e. The van der Waals surface area contributed by atoms with Gasteiger partial charge in [0.25, 0.3) is 0 Å². The van der Waals surface area contributed by atoms with Crippen LogP contribution in [0, 0.1) is 5.92 Å². The summed E-state index contributed by atoms with van der Waals surface area (Å²) in [6, 6.07) is 0. The van der Waals surface area contributed by atoms with Gasteiger partial charge in [0.2, 0.25) is 0 Å². The highest BCUT2D eigenvalue weighted by Crippen LogP contribution is 2.16. The quantitative estimate of drug-likeness (QED) is 0.0546. The van der Waals surface area contributed by atoms with E-state index in [0.717, 1.165) is 38.0 Å². The molecule has 0 aliphatic carbocycles. The summed E-state index contributed by atoms with van der Waals surface area (Å²) < 4.78 is 10.6. The summed E-state index contributed by atoms with van der Waals surface area (Å²) in [5.74, 6) is 0.279. The van der Waals surface area contributed by atoms with Gasteiger partial charge in [-0.25, -0.2) is 0 Å². The molecule has 0 unspecified atom stereocenters. The molecule has 0 rings (SSSR count). The van der Waals surface area contributed by atoms with Crippen molar-refractivity contribution in [3.63, 3.8) is 0 Å². The third kappa shape index (κ3) is 35.6. The number of hydrogen-bond acceptors (Lipinski definition) is 5. The fourth-order valence-corrected chi connectivity index (χ4v) is 6.03. The van der Waals surface area contributed by atoms with Crippen LogP contribution in [0.2, 0.25) is 0 Å². The first-order chi connectivity index (χ1) is 22.0. The summed E-state index contributed by atoms with van der Waals surface area (Å²) in [6.45, 7) is 6.52. The van der Waals surface area contributed by atoms with Gasteiger partial charge in [0.05, 0.1) is 6.61 Å². The van der Waals surface area contributed by atoms with Gasteiger partial charge in [-0.2, -0.15) is 0 Å². The minimum Gasteiger partial charge on any atom is -0.462 e. The minimum absolute atomic E-state index is 0.0576. The molecule has 0 aliphatic heterocycles. The molecular formula is C40H78O5. The Morgan fingerprint density at radius 3 is 1.18 bits per heavy atom. The van der Waals surface area contributed by atoms with Crippen molar-refractivity contribution in [1.29, 1.82) is 0 Å². The van der Waals surface area contributed by atoms with Crippen LogP contribution >= 0.6 is 0 Å². The third-order valence-electron chi connectivity index (χ3n) is 9.08. The van der Waals surface area contributed by atoms with E-state index in [1.54, 1.807) is 0 Å². The Hall–Kier alpha value is -1.10. The second-order valence-corrected chi connectivity index (χ2v) is 14.2. The maximum Gasteiger partial charge on any atom is 0.306 e. The van der Waals surface area contributed by atoms with Gasteiger partial charge in [-0.15, -0.1) is 0 Å². The molecule has 1 N–H and O–H groups in total. The molecule has 0 aromatic rings. The first kappa shape index (κ1) is 43.9. The van der Waals surface area contributed by atoms with E-state index in [1.165, 1.54) is 154 Å². The van der Waals surface area contributed by atoms with Crippen LogP contribution < -0.4 is 0 Å². The highest BCUT2D eigenvalue weighted by atomic mass is 16.6. The summed E-state index contributed by atoms with van der Waals surface area (Å²) in [6.07, 6.45) is 37.3. The van der Waals surface area contributed by atoms with Crippen LogP contribution in [0.4, 0.5) is 0 Å². The topological polar surface area (TPSA) is 72.8 Å². The van der Waals surface area contributed by atoms with E-state index >= 15 is 0 Å². The number of esters is 2. The number of aliphatic hydroxyl groups excluding tert-OH is 1. The minimum atomic E-state index is -0.761. The fraction of sp³-hybridized carbons (Fsp3) is 0.950. The molecule has 0 spiro atoms. The van der Waals surface area contributed by atoms with Crippen LogP contribution in [0.25, 0.3) is 0 Å². The van der Waals surface area contributed by atoms with Crippen molar-refractivity contribution in [3.8, 4) is 0 Å². The zero-order valence-electron chi connectivity index (χ0n) is 30.6. The molecule has 0 bridgehead atoms. The molecule has 0 radical (unpaired) electrons. The van der Waals surface area contributed by atoms with Gasteiger partial charge in [0.1, 0.15) is 6.61 Å². The highest BCUT2D eigenvalue weighted by Gasteiger charge is 2.16. The Morgan fingerprint density at radius 2 is 0.822 bits per heavy atom. The molecule has 0 aromatic carbocycles. The molecule has 0 aliphatic rings. The zero-order valence-corrected chi connectivity index (χ0v) is 30.6. The Kier molecular flexibility index (Phi) is 34.9. The lowest BCUT2D eigenvalue weighted by molar-refractivity contribution is -0.161. The molecule has 0 saturated carbocycles. The van der Waals surface area contributed by atoms with Crippen LogP contribution in [0.5, 0.6) is 0 Å². The van der Waals surface area contributed by atoms with Crippen molar-refractivity contribution in [1.82, 2.24) is 0 Å². The van der Waals surface area contributed by atoms with Gasteiger partial charge in [0, 0.05) is 12.8 Å². The highest BCUT2D eigenvalue weighted by molar-refractivity contribution is 5.70. The van der Waals surface area contributed by atoms with E-state index in [4.69, 9.17) is 9.47 Å². The number of ether oxygens (including phenoxy) is 2. The van der Waals surface area contributed by atoms with E-state index < -0.39 is 6.10 Å². The normalized spacial score (nSPS) is 12.1. The lowest BCUT2D eigenvalue weighted by Crippen LogP contribution is -2.28. The summed E-state index contributed by atoms with van der Waals surface area (Å²) in [5.41, 5.74) is 0. The number of unbranched alkanes of at least 4 members (excludes halogenated alkanes) is 26. The van der Waals surface area contributed by atoms with Crippen LogP contribution in [0.1, 0.15) is 220 Å². The zero-order chi connectivity index (χ0) is 33.1. The molecule has 0 fully saturated rings. The maximum atomic E-state index is 12.2. The van der Waals surface area contributed by atoms with E-state index in [1.807, 2.05) is 0 Å². The predicted molar refractivity (Wildman–Crippen MR) is 192 cm³/mol. The van der Waals surface area contributed by atoms with Crippen molar-refractivity contribution < 1.29 is 24.2 Å². The molecule has 5 heteroatoms. The van der Waals surface area contributed by atoms with Crippen LogP contribution in [-0.4, -0.2) is 36.4 Å². The number of carbonyl (C=O) groups excluding carboxylic acids is 2. The molecule has 0 heterocycles. The second kappa shape index (κ2) is 35.7. The molecule has 0 aromatic heterocycles. The smallest absolute Gasteiger partial charge is 0.306 e. The van der Waals surface area contributed by atoms with Crippen molar-refractivity contribution >= 4 is 11.9 Å². The molecule has 5 nitrogen and oxygen atoms in total. The van der Waals surface area contributed by atoms with Gasteiger partial charge in [-0.05, 0) is 18.8 Å². The molecule has 0 amide bonds. The molecule has 268 valence electrons. The molecular weight excluding hydrogens is 560 g/mol. The van der Waals surface area contributed by atoms with Crippen LogP contribution in [-0.2, 0) is 19.1 Å². The van der Waals surface area contributed by atoms with E-state index in [-0.39, 0.29) is 25.2 Å². The van der Waals surface area contributed by atoms with Crippen molar-refractivity contribution in [2.75, 3.05) is 13.2 Å². The van der Waals surface area contributed by atoms with Gasteiger partial charge in [-0.1, -0.05) is 194 Å². The van der Waals surface area contributed by atoms with Crippen LogP contribution in [0.3, 0.4) is 0 Å². The first-order valence-electron chi connectivity index (χ1n) is 20.0. The standard InChI is InChI=1S/C40H78O5/c1-4-5-6-7-8-9-10-14-18-21-24-27-30-33-39(42)44-36-38(35-41)45-40(43)34-31-28-25-22-19-16-13-11-12-15-17-20-23-26-29-32-37(2)3/h37-38,41H,4-36H2,1-3H3/t38-/m0/s1. The first-order valence-corrected chi connectivity index (χ1v) is 20.0. The Bertz CT molecular complexity index is 620. The third-order valence-corrected chi connectivity index (χ3v) is 9.08. The van der Waals surface area contributed by atoms with Gasteiger partial charge in [0.15, 0.2) is 6.10 Å². The van der Waals surface area contributed by atoms with Gasteiger partial charge < -0.3 is 14.6 Å². The number of carbonyl (C=O) groups is 2. The van der Waals surface area contributed by atoms with Crippen molar-refractivity contribution in [3.05, 3.63) is 0 Å². The van der Waals surface area contributed by atoms with E-state index in [2.05, 4.69) is 20.8 Å². The summed E-state index contributed by atoms with van der Waals surface area (Å²) in [7, 11) is 0. The Labute approximate surface area is 280 Å². The molecule has 45 heavy (non-hydrogen) atoms. The van der Waals surface area contributed by atoms with Gasteiger partial charge >= 0.3 is 11.9 Å². The number of hydrogen-bond donors (Lipinski definition) is 1. The van der Waals surface area contributed by atoms with E-state index in [9.17, 15) is 14.7 Å². The van der Waals surface area contributed by atoms with Crippen molar-refractivity contribution in [2.24, 2.45) is 5.92 Å². The number of rotatable bonds is 36. The summed E-state index contributed by atoms with van der Waals surface area (Å²) in [4.78, 5) is 24.2. The van der Waals surface area contributed by atoms with E-state index in [0.29, 0.717) is 12.8 Å². The van der Waals surface area contributed by atoms with Gasteiger partial charge in [-0.3, -0.25) is 9.59 Å². The lowest BCUT2D eigenvalue weighted by Gasteiger charge is -2.15. The number of aliphatic hydroxyl groups is 1.